The maximum Gasteiger partial charge on any atom is 0.417 e. The van der Waals surface area contributed by atoms with E-state index in [1.165, 1.54) is 12.5 Å². The second kappa shape index (κ2) is 9.34. The number of oxazole rings is 1. The quantitative estimate of drug-likeness (QED) is 0.416. The maximum absolute atomic E-state index is 13.0. The van der Waals surface area contributed by atoms with Crippen LogP contribution in [-0.2, 0) is 12.7 Å². The molecule has 180 valence electrons. The third-order valence-corrected chi connectivity index (χ3v) is 5.69. The second-order valence-electron chi connectivity index (χ2n) is 8.08. The molecule has 1 amide bonds. The van der Waals surface area contributed by atoms with Crippen molar-refractivity contribution in [3.8, 4) is 11.6 Å². The van der Waals surface area contributed by atoms with E-state index in [1.54, 1.807) is 41.5 Å². The molecule has 0 radical (unpaired) electrons. The Labute approximate surface area is 198 Å². The van der Waals surface area contributed by atoms with Crippen LogP contribution in [0.2, 0.25) is 0 Å². The monoisotopic (exact) mass is 483 g/mol. The predicted octanol–water partition coefficient (Wildman–Crippen LogP) is 4.39. The number of hydrogen-bond acceptors (Lipinski definition) is 7. The third kappa shape index (κ3) is 5.24. The van der Waals surface area contributed by atoms with E-state index in [0.29, 0.717) is 36.6 Å². The first-order chi connectivity index (χ1) is 16.8. The number of carbonyl (C=O) groups is 1. The van der Waals surface area contributed by atoms with Crippen LogP contribution in [0.1, 0.15) is 21.7 Å². The van der Waals surface area contributed by atoms with Crippen LogP contribution in [0.15, 0.2) is 65.7 Å². The van der Waals surface area contributed by atoms with Gasteiger partial charge in [-0.25, -0.2) is 15.0 Å². The zero-order chi connectivity index (χ0) is 24.4. The summed E-state index contributed by atoms with van der Waals surface area (Å²) in [6.07, 6.45) is -0.709. The number of hydrogen-bond donors (Lipinski definition) is 0. The molecule has 11 heteroatoms. The Balaban J connectivity index is 1.23. The van der Waals surface area contributed by atoms with Gasteiger partial charge < -0.3 is 14.1 Å². The van der Waals surface area contributed by atoms with Crippen LogP contribution in [0, 0.1) is 0 Å². The van der Waals surface area contributed by atoms with Crippen LogP contribution in [0.25, 0.3) is 10.9 Å². The van der Waals surface area contributed by atoms with Crippen molar-refractivity contribution in [2.75, 3.05) is 26.2 Å². The Morgan fingerprint density at radius 1 is 1.03 bits per heavy atom. The molecule has 1 saturated heterocycles. The normalized spacial score (nSPS) is 14.9. The molecule has 0 saturated carbocycles. The molecule has 5 rings (SSSR count). The van der Waals surface area contributed by atoms with E-state index >= 15 is 0 Å². The maximum atomic E-state index is 13.0. The zero-order valence-corrected chi connectivity index (χ0v) is 18.4. The van der Waals surface area contributed by atoms with Gasteiger partial charge in [0.2, 0.25) is 5.88 Å². The van der Waals surface area contributed by atoms with Crippen molar-refractivity contribution in [3.63, 3.8) is 0 Å². The van der Waals surface area contributed by atoms with Crippen LogP contribution in [0.5, 0.6) is 11.6 Å². The Bertz CT molecular complexity index is 1320. The molecule has 0 spiro atoms. The lowest BCUT2D eigenvalue weighted by Gasteiger charge is -2.34. The molecule has 0 atom stereocenters. The number of aromatic nitrogens is 3. The Hall–Kier alpha value is -3.99. The van der Waals surface area contributed by atoms with Crippen molar-refractivity contribution in [1.82, 2.24) is 24.8 Å². The van der Waals surface area contributed by atoms with Gasteiger partial charge in [-0.3, -0.25) is 9.69 Å². The van der Waals surface area contributed by atoms with Crippen molar-refractivity contribution >= 4 is 16.8 Å². The SMILES string of the molecule is O=C(c1ccc2cc(Oc3ccc(C(F)(F)F)cn3)ccc2n1)N1CCN(Cc2cocn2)CC1. The molecule has 0 bridgehead atoms. The number of benzene rings is 1. The highest BCUT2D eigenvalue weighted by atomic mass is 19.4. The van der Waals surface area contributed by atoms with E-state index in [0.717, 1.165) is 36.4 Å². The summed E-state index contributed by atoms with van der Waals surface area (Å²) in [4.78, 5) is 29.3. The number of fused-ring (bicyclic) bond motifs is 1. The first-order valence-corrected chi connectivity index (χ1v) is 10.9. The van der Waals surface area contributed by atoms with Crippen LogP contribution in [-0.4, -0.2) is 56.8 Å². The van der Waals surface area contributed by atoms with E-state index in [9.17, 15) is 18.0 Å². The van der Waals surface area contributed by atoms with Gasteiger partial charge >= 0.3 is 6.18 Å². The van der Waals surface area contributed by atoms with Gasteiger partial charge in [0.05, 0.1) is 16.8 Å². The molecule has 35 heavy (non-hydrogen) atoms. The smallest absolute Gasteiger partial charge is 0.417 e. The Morgan fingerprint density at radius 2 is 1.86 bits per heavy atom. The highest BCUT2D eigenvalue weighted by Gasteiger charge is 2.30. The standard InChI is InChI=1S/C24H20F3N5O3/c25-24(26,27)17-2-6-22(28-12-17)35-19-3-5-20-16(11-19)1-4-21(30-20)23(33)32-9-7-31(8-10-32)13-18-14-34-15-29-18/h1-6,11-12,14-15H,7-10,13H2. The molecule has 0 unspecified atom stereocenters. The molecule has 0 aliphatic carbocycles. The Kier molecular flexibility index (Phi) is 6.08. The van der Waals surface area contributed by atoms with E-state index in [4.69, 9.17) is 9.15 Å². The van der Waals surface area contributed by atoms with Gasteiger partial charge in [-0.05, 0) is 30.3 Å². The summed E-state index contributed by atoms with van der Waals surface area (Å²) < 4.78 is 48.7. The fourth-order valence-corrected chi connectivity index (χ4v) is 3.83. The van der Waals surface area contributed by atoms with Crippen LogP contribution in [0.3, 0.4) is 0 Å². The number of nitrogens with zero attached hydrogens (tertiary/aromatic N) is 5. The second-order valence-corrected chi connectivity index (χ2v) is 8.08. The fourth-order valence-electron chi connectivity index (χ4n) is 3.83. The van der Waals surface area contributed by atoms with Crippen LogP contribution in [0.4, 0.5) is 13.2 Å². The van der Waals surface area contributed by atoms with Gasteiger partial charge in [-0.1, -0.05) is 6.07 Å². The van der Waals surface area contributed by atoms with E-state index in [2.05, 4.69) is 19.9 Å². The molecule has 1 aliphatic rings. The molecule has 8 nitrogen and oxygen atoms in total. The minimum atomic E-state index is -4.46. The first kappa shape index (κ1) is 22.8. The van der Waals surface area contributed by atoms with Crippen molar-refractivity contribution in [2.45, 2.75) is 12.7 Å². The third-order valence-electron chi connectivity index (χ3n) is 5.69. The fraction of sp³-hybridized carbons (Fsp3) is 0.250. The zero-order valence-electron chi connectivity index (χ0n) is 18.4. The average Bonchev–Trinajstić information content (AvgIpc) is 3.37. The number of halogens is 3. The number of amides is 1. The first-order valence-electron chi connectivity index (χ1n) is 10.9. The summed E-state index contributed by atoms with van der Waals surface area (Å²) in [5.41, 5.74) is 0.966. The van der Waals surface area contributed by atoms with Gasteiger partial charge in [-0.15, -0.1) is 0 Å². The van der Waals surface area contributed by atoms with E-state index in [-0.39, 0.29) is 11.8 Å². The van der Waals surface area contributed by atoms with Crippen molar-refractivity contribution < 1.29 is 27.1 Å². The summed E-state index contributed by atoms with van der Waals surface area (Å²) in [6, 6.07) is 10.5. The molecule has 1 aromatic carbocycles. The highest BCUT2D eigenvalue weighted by Crippen LogP contribution is 2.30. The number of ether oxygens (including phenoxy) is 1. The Morgan fingerprint density at radius 3 is 2.54 bits per heavy atom. The van der Waals surface area contributed by atoms with Gasteiger partial charge in [0.25, 0.3) is 5.91 Å². The minimum Gasteiger partial charge on any atom is -0.451 e. The summed E-state index contributed by atoms with van der Waals surface area (Å²) in [6.45, 7) is 3.31. The van der Waals surface area contributed by atoms with Gasteiger partial charge in [0.15, 0.2) is 6.39 Å². The molecule has 4 heterocycles. The summed E-state index contributed by atoms with van der Waals surface area (Å²) in [5.74, 6) is 0.302. The predicted molar refractivity (Wildman–Crippen MR) is 119 cm³/mol. The molecule has 0 N–H and O–H groups in total. The summed E-state index contributed by atoms with van der Waals surface area (Å²) in [5, 5.41) is 0.725. The molecule has 1 aliphatic heterocycles. The van der Waals surface area contributed by atoms with Crippen molar-refractivity contribution in [1.29, 1.82) is 0 Å². The summed E-state index contributed by atoms with van der Waals surface area (Å²) >= 11 is 0. The van der Waals surface area contributed by atoms with Crippen LogP contribution >= 0.6 is 0 Å². The van der Waals surface area contributed by atoms with Gasteiger partial charge in [-0.2, -0.15) is 13.2 Å². The lowest BCUT2D eigenvalue weighted by molar-refractivity contribution is -0.137. The molecular weight excluding hydrogens is 463 g/mol. The molecule has 4 aromatic rings. The largest absolute Gasteiger partial charge is 0.451 e. The minimum absolute atomic E-state index is 0.0415. The number of pyridine rings is 2. The lowest BCUT2D eigenvalue weighted by atomic mass is 10.1. The number of carbonyl (C=O) groups excluding carboxylic acids is 1. The molecule has 3 aromatic heterocycles. The highest BCUT2D eigenvalue weighted by molar-refractivity contribution is 5.95. The topological polar surface area (TPSA) is 84.6 Å². The van der Waals surface area contributed by atoms with Crippen LogP contribution < -0.4 is 4.74 Å². The molecule has 1 fully saturated rings. The molecular formula is C24H20F3N5O3. The van der Waals surface area contributed by atoms with E-state index in [1.807, 2.05) is 0 Å². The van der Waals surface area contributed by atoms with Crippen molar-refractivity contribution in [3.05, 3.63) is 78.3 Å². The number of alkyl halides is 3. The summed E-state index contributed by atoms with van der Waals surface area (Å²) in [7, 11) is 0. The number of piperazine rings is 1. The lowest BCUT2D eigenvalue weighted by Crippen LogP contribution is -2.48. The van der Waals surface area contributed by atoms with E-state index < -0.39 is 11.7 Å². The van der Waals surface area contributed by atoms with Gasteiger partial charge in [0, 0.05) is 50.4 Å². The van der Waals surface area contributed by atoms with Crippen molar-refractivity contribution in [2.24, 2.45) is 0 Å². The number of rotatable bonds is 5. The van der Waals surface area contributed by atoms with Gasteiger partial charge in [0.1, 0.15) is 17.7 Å². The average molecular weight is 483 g/mol.